The molecule has 8 heteroatoms. The topological polar surface area (TPSA) is 51.4 Å². The number of halogens is 3. The smallest absolute Gasteiger partial charge is 0.273 e. The van der Waals surface area contributed by atoms with Gasteiger partial charge in [-0.2, -0.15) is 17.2 Å². The first-order valence-corrected chi connectivity index (χ1v) is 7.24. The van der Waals surface area contributed by atoms with Gasteiger partial charge in [0.1, 0.15) is 0 Å². The van der Waals surface area contributed by atoms with Gasteiger partial charge in [-0.05, 0) is 24.3 Å². The molecule has 1 heterocycles. The average molecular weight is 319 g/mol. The average Bonchev–Trinajstić information content (AvgIpc) is 2.41. The highest BCUT2D eigenvalue weighted by molar-refractivity contribution is 7.90. The maximum atomic E-state index is 12.8. The monoisotopic (exact) mass is 318 g/mol. The van der Waals surface area contributed by atoms with Gasteiger partial charge >= 0.3 is 6.55 Å². The molecule has 20 heavy (non-hydrogen) atoms. The van der Waals surface area contributed by atoms with Crippen molar-refractivity contribution in [1.82, 2.24) is 4.57 Å². The molecule has 2 rings (SSSR count). The van der Waals surface area contributed by atoms with E-state index in [1.54, 1.807) is 6.07 Å². The predicted molar refractivity (Wildman–Crippen MR) is 69.9 cm³/mol. The summed E-state index contributed by atoms with van der Waals surface area (Å²) in [5, 5.41) is 0.0568. The van der Waals surface area contributed by atoms with Crippen LogP contribution in [-0.4, -0.2) is 13.0 Å². The number of aromatic nitrogens is 1. The number of alkyl halides is 2. The molecule has 0 aliphatic rings. The summed E-state index contributed by atoms with van der Waals surface area (Å²) in [6.07, 6.45) is 0.922. The molecule has 0 atom stereocenters. The molecule has 0 aliphatic carbocycles. The Morgan fingerprint density at radius 1 is 1.10 bits per heavy atom. The molecule has 1 aromatic carbocycles. The van der Waals surface area contributed by atoms with Crippen LogP contribution in [0.5, 0.6) is 0 Å². The van der Waals surface area contributed by atoms with E-state index in [4.69, 9.17) is 11.6 Å². The second-order valence-corrected chi connectivity index (χ2v) is 5.81. The number of nitrogens with zero attached hydrogens (tertiary/aromatic N) is 2. The van der Waals surface area contributed by atoms with Gasteiger partial charge in [0.05, 0.1) is 9.92 Å². The summed E-state index contributed by atoms with van der Waals surface area (Å²) in [5.41, 5.74) is -0.395. The minimum absolute atomic E-state index is 0.0568. The van der Waals surface area contributed by atoms with Crippen LogP contribution >= 0.6 is 11.6 Å². The van der Waals surface area contributed by atoms with Crippen molar-refractivity contribution in [2.45, 2.75) is 11.4 Å². The third kappa shape index (κ3) is 3.23. The molecule has 0 saturated heterocycles. The molecule has 0 bridgehead atoms. The van der Waals surface area contributed by atoms with Crippen molar-refractivity contribution in [1.29, 1.82) is 0 Å². The van der Waals surface area contributed by atoms with E-state index < -0.39 is 22.1 Å². The van der Waals surface area contributed by atoms with Crippen LogP contribution in [0.1, 0.15) is 6.55 Å². The lowest BCUT2D eigenvalue weighted by atomic mass is 10.4. The maximum absolute atomic E-state index is 12.8. The van der Waals surface area contributed by atoms with Gasteiger partial charge < -0.3 is 0 Å². The van der Waals surface area contributed by atoms with Crippen molar-refractivity contribution < 1.29 is 17.2 Å². The van der Waals surface area contributed by atoms with Gasteiger partial charge in [-0.25, -0.2) is 0 Å². The molecule has 0 radical (unpaired) electrons. The van der Waals surface area contributed by atoms with E-state index in [0.29, 0.717) is 4.57 Å². The summed E-state index contributed by atoms with van der Waals surface area (Å²) in [6.45, 7) is -2.95. The number of hydrogen-bond acceptors (Lipinski definition) is 2. The highest BCUT2D eigenvalue weighted by Crippen LogP contribution is 2.13. The molecule has 4 nitrogen and oxygen atoms in total. The normalized spacial score (nSPS) is 12.9. The maximum Gasteiger partial charge on any atom is 0.320 e. The number of sulfonamides is 1. The number of pyridine rings is 1. The van der Waals surface area contributed by atoms with E-state index in [9.17, 15) is 17.2 Å². The second kappa shape index (κ2) is 5.72. The van der Waals surface area contributed by atoms with Gasteiger partial charge in [-0.3, -0.25) is 4.57 Å². The number of hydrogen-bond donors (Lipinski definition) is 0. The lowest BCUT2D eigenvalue weighted by Gasteiger charge is -2.06. The molecule has 1 aromatic heterocycles. The Morgan fingerprint density at radius 2 is 1.75 bits per heavy atom. The molecular formula is C12H9ClF2N2O2S. The van der Waals surface area contributed by atoms with E-state index >= 15 is 0 Å². The Hall–Kier alpha value is -1.73. The highest BCUT2D eigenvalue weighted by atomic mass is 35.5. The van der Waals surface area contributed by atoms with Gasteiger partial charge in [-0.15, -0.1) is 4.40 Å². The third-order valence-corrected chi connectivity index (χ3v) is 3.90. The van der Waals surface area contributed by atoms with Crippen LogP contribution in [0, 0.1) is 0 Å². The van der Waals surface area contributed by atoms with Crippen molar-refractivity contribution in [3.63, 3.8) is 0 Å². The molecule has 106 valence electrons. The Labute approximate surface area is 119 Å². The second-order valence-electron chi connectivity index (χ2n) is 3.77. The SMILES string of the molecule is O=S(=O)(N=c1ccc(Cl)cn1C(F)F)c1ccccc1. The first-order chi connectivity index (χ1) is 9.40. The fourth-order valence-electron chi connectivity index (χ4n) is 1.48. The van der Waals surface area contributed by atoms with Gasteiger partial charge in [0.25, 0.3) is 10.0 Å². The largest absolute Gasteiger partial charge is 0.320 e. The van der Waals surface area contributed by atoms with Gasteiger partial charge in [0, 0.05) is 6.20 Å². The minimum Gasteiger partial charge on any atom is -0.273 e. The fourth-order valence-corrected chi connectivity index (χ4v) is 2.66. The van der Waals surface area contributed by atoms with Crippen molar-refractivity contribution >= 4 is 21.6 Å². The summed E-state index contributed by atoms with van der Waals surface area (Å²) in [4.78, 5) is -0.0734. The number of rotatable bonds is 3. The number of benzene rings is 1. The summed E-state index contributed by atoms with van der Waals surface area (Å²) >= 11 is 5.60. The lowest BCUT2D eigenvalue weighted by molar-refractivity contribution is 0.0657. The van der Waals surface area contributed by atoms with E-state index in [-0.39, 0.29) is 9.92 Å². The van der Waals surface area contributed by atoms with Gasteiger partial charge in [0.15, 0.2) is 5.49 Å². The zero-order valence-corrected chi connectivity index (χ0v) is 11.5. The van der Waals surface area contributed by atoms with E-state index in [1.807, 2.05) is 0 Å². The summed E-state index contributed by atoms with van der Waals surface area (Å²) in [5.74, 6) is 0. The minimum atomic E-state index is -4.05. The standard InChI is InChI=1S/C12H9ClF2N2O2S/c13-9-6-7-11(17(8-9)12(14)15)16-20(18,19)10-4-2-1-3-5-10/h1-8,12H. The molecule has 0 aliphatic heterocycles. The van der Waals surface area contributed by atoms with Crippen LogP contribution in [0.2, 0.25) is 5.02 Å². The molecule has 0 saturated carbocycles. The highest BCUT2D eigenvalue weighted by Gasteiger charge is 2.14. The Morgan fingerprint density at radius 3 is 2.35 bits per heavy atom. The molecule has 0 unspecified atom stereocenters. The van der Waals surface area contributed by atoms with Gasteiger partial charge in [-0.1, -0.05) is 29.8 Å². The Bertz CT molecular complexity index is 774. The lowest BCUT2D eigenvalue weighted by Crippen LogP contribution is -2.22. The van der Waals surface area contributed by atoms with Crippen LogP contribution in [0.4, 0.5) is 8.78 Å². The molecule has 0 N–H and O–H groups in total. The van der Waals surface area contributed by atoms with E-state index in [1.165, 1.54) is 30.3 Å². The molecule has 0 amide bonds. The summed E-state index contributed by atoms with van der Waals surface area (Å²) < 4.78 is 53.5. The van der Waals surface area contributed by atoms with E-state index in [0.717, 1.165) is 12.3 Å². The predicted octanol–water partition coefficient (Wildman–Crippen LogP) is 2.83. The van der Waals surface area contributed by atoms with Crippen LogP contribution in [0.15, 0.2) is 58.0 Å². The zero-order valence-electron chi connectivity index (χ0n) is 9.95. The fraction of sp³-hybridized carbons (Fsp3) is 0.0833. The first-order valence-electron chi connectivity index (χ1n) is 5.42. The van der Waals surface area contributed by atoms with Gasteiger partial charge in [0.2, 0.25) is 0 Å². The van der Waals surface area contributed by atoms with Crippen LogP contribution in [-0.2, 0) is 10.0 Å². The zero-order chi connectivity index (χ0) is 14.8. The third-order valence-electron chi connectivity index (χ3n) is 2.38. The summed E-state index contributed by atoms with van der Waals surface area (Å²) in [7, 11) is -4.05. The molecule has 0 fully saturated rings. The Kier molecular flexibility index (Phi) is 4.20. The van der Waals surface area contributed by atoms with Crippen LogP contribution in [0.25, 0.3) is 0 Å². The van der Waals surface area contributed by atoms with Crippen molar-refractivity contribution in [3.05, 3.63) is 59.2 Å². The van der Waals surface area contributed by atoms with Crippen LogP contribution in [0.3, 0.4) is 0 Å². The van der Waals surface area contributed by atoms with Crippen molar-refractivity contribution in [2.24, 2.45) is 4.40 Å². The molecule has 2 aromatic rings. The first kappa shape index (κ1) is 14.7. The van der Waals surface area contributed by atoms with Crippen molar-refractivity contribution in [2.75, 3.05) is 0 Å². The molecule has 0 spiro atoms. The van der Waals surface area contributed by atoms with Crippen molar-refractivity contribution in [3.8, 4) is 0 Å². The van der Waals surface area contributed by atoms with Crippen LogP contribution < -0.4 is 5.49 Å². The van der Waals surface area contributed by atoms with E-state index in [2.05, 4.69) is 4.40 Å². The summed E-state index contributed by atoms with van der Waals surface area (Å²) in [6, 6.07) is 9.76. The molecular weight excluding hydrogens is 310 g/mol. The Balaban J connectivity index is 2.62. The quantitative estimate of drug-likeness (QED) is 0.873.